The number of fused-ring (bicyclic) bond motifs is 1. The molecule has 0 radical (unpaired) electrons. The zero-order valence-electron chi connectivity index (χ0n) is 20.6. The summed E-state index contributed by atoms with van der Waals surface area (Å²) in [6.45, 7) is 4.37. The van der Waals surface area contributed by atoms with Crippen molar-refractivity contribution in [2.75, 3.05) is 49.3 Å². The van der Waals surface area contributed by atoms with Gasteiger partial charge in [-0.3, -0.25) is 4.79 Å². The fourth-order valence-electron chi connectivity index (χ4n) is 4.86. The van der Waals surface area contributed by atoms with E-state index in [2.05, 4.69) is 14.9 Å². The number of nitrogens with one attached hydrogen (secondary N) is 2. The van der Waals surface area contributed by atoms with Gasteiger partial charge >= 0.3 is 6.09 Å². The highest BCUT2D eigenvalue weighted by Crippen LogP contribution is 2.31. The molecule has 0 saturated carbocycles. The molecular formula is C27H30N6O4. The molecule has 4 aromatic rings. The van der Waals surface area contributed by atoms with Crippen LogP contribution in [0.3, 0.4) is 0 Å². The molecule has 0 atom stereocenters. The fraction of sp³-hybridized carbons (Fsp3) is 0.296. The van der Waals surface area contributed by atoms with Gasteiger partial charge in [-0.2, -0.15) is 0 Å². The van der Waals surface area contributed by atoms with Crippen molar-refractivity contribution in [2.24, 2.45) is 0 Å². The Bertz CT molecular complexity index is 1460. The maximum Gasteiger partial charge on any atom is 0.407 e. The molecule has 2 aromatic heterocycles. The van der Waals surface area contributed by atoms with Gasteiger partial charge in [0, 0.05) is 44.6 Å². The molecule has 1 amide bonds. The third-order valence-electron chi connectivity index (χ3n) is 6.88. The molecule has 1 saturated heterocycles. The van der Waals surface area contributed by atoms with Crippen LogP contribution < -0.4 is 15.4 Å². The van der Waals surface area contributed by atoms with Crippen LogP contribution in [0.15, 0.2) is 59.5 Å². The van der Waals surface area contributed by atoms with Crippen molar-refractivity contribution in [1.82, 2.24) is 19.9 Å². The second-order valence-electron chi connectivity index (χ2n) is 9.21. The van der Waals surface area contributed by atoms with Gasteiger partial charge in [-0.1, -0.05) is 30.3 Å². The van der Waals surface area contributed by atoms with Gasteiger partial charge in [-0.25, -0.2) is 9.78 Å². The maximum absolute atomic E-state index is 13.0. The number of carbonyl (C=O) groups is 1. The minimum atomic E-state index is -0.894. The highest BCUT2D eigenvalue weighted by Gasteiger charge is 2.23. The number of rotatable bonds is 7. The van der Waals surface area contributed by atoms with Gasteiger partial charge in [0.05, 0.1) is 16.7 Å². The van der Waals surface area contributed by atoms with Gasteiger partial charge in [-0.05, 0) is 42.7 Å². The molecule has 2 aromatic carbocycles. The van der Waals surface area contributed by atoms with Crippen LogP contribution >= 0.6 is 0 Å². The molecule has 1 fully saturated rings. The van der Waals surface area contributed by atoms with E-state index in [0.29, 0.717) is 56.2 Å². The molecule has 192 valence electrons. The summed E-state index contributed by atoms with van der Waals surface area (Å²) in [6.07, 6.45) is 1.40. The topological polar surface area (TPSA) is 129 Å². The van der Waals surface area contributed by atoms with Crippen molar-refractivity contribution < 1.29 is 15.0 Å². The number of pyridine rings is 1. The summed E-state index contributed by atoms with van der Waals surface area (Å²) >= 11 is 0. The van der Waals surface area contributed by atoms with Crippen LogP contribution in [0.2, 0.25) is 0 Å². The second-order valence-corrected chi connectivity index (χ2v) is 9.21. The number of nitrogens with zero attached hydrogens (tertiary/aromatic N) is 4. The van der Waals surface area contributed by atoms with E-state index in [0.717, 1.165) is 27.8 Å². The van der Waals surface area contributed by atoms with Crippen molar-refractivity contribution in [2.45, 2.75) is 13.3 Å². The lowest BCUT2D eigenvalue weighted by Crippen LogP contribution is -2.48. The molecule has 37 heavy (non-hydrogen) atoms. The van der Waals surface area contributed by atoms with Gasteiger partial charge < -0.3 is 34.9 Å². The molecule has 0 aliphatic carbocycles. The number of amides is 1. The van der Waals surface area contributed by atoms with E-state index in [-0.39, 0.29) is 12.3 Å². The van der Waals surface area contributed by atoms with Crippen molar-refractivity contribution in [3.8, 4) is 11.4 Å². The summed E-state index contributed by atoms with van der Waals surface area (Å²) in [5, 5.41) is 19.4. The lowest BCUT2D eigenvalue weighted by atomic mass is 10.1. The number of carboxylic acid groups (broad SMARTS) is 1. The number of imidazole rings is 1. The highest BCUT2D eigenvalue weighted by atomic mass is 16.4. The molecular weight excluding hydrogens is 472 g/mol. The Morgan fingerprint density at radius 3 is 2.57 bits per heavy atom. The Labute approximate surface area is 213 Å². The van der Waals surface area contributed by atoms with Gasteiger partial charge in [0.25, 0.3) is 5.56 Å². The number of aryl methyl sites for hydroxylation is 1. The van der Waals surface area contributed by atoms with Gasteiger partial charge in [0.15, 0.2) is 0 Å². The predicted molar refractivity (Wildman–Crippen MR) is 143 cm³/mol. The lowest BCUT2D eigenvalue weighted by molar-refractivity contribution is 0.142. The van der Waals surface area contributed by atoms with Crippen LogP contribution in [0.25, 0.3) is 22.4 Å². The average molecular weight is 503 g/mol. The quantitative estimate of drug-likeness (QED) is 0.286. The second kappa shape index (κ2) is 10.4. The highest BCUT2D eigenvalue weighted by molar-refractivity contribution is 5.87. The summed E-state index contributed by atoms with van der Waals surface area (Å²) in [5.41, 5.74) is 5.30. The van der Waals surface area contributed by atoms with Crippen LogP contribution in [0, 0.1) is 6.92 Å². The molecule has 5 rings (SSSR count). The smallest absolute Gasteiger partial charge is 0.407 e. The van der Waals surface area contributed by atoms with E-state index in [1.54, 1.807) is 17.2 Å². The molecule has 1 aliphatic heterocycles. The van der Waals surface area contributed by atoms with E-state index in [1.165, 1.54) is 4.90 Å². The number of hydrogen-bond acceptors (Lipinski definition) is 6. The zero-order valence-corrected chi connectivity index (χ0v) is 20.6. The number of aliphatic hydroxyl groups is 1. The number of benzene rings is 2. The lowest BCUT2D eigenvalue weighted by Gasteiger charge is -2.34. The van der Waals surface area contributed by atoms with E-state index < -0.39 is 6.09 Å². The first kappa shape index (κ1) is 24.4. The van der Waals surface area contributed by atoms with Gasteiger partial charge in [0.1, 0.15) is 18.1 Å². The number of hydrogen-bond donors (Lipinski definition) is 4. The fourth-order valence-corrected chi connectivity index (χ4v) is 4.86. The molecule has 3 heterocycles. The van der Waals surface area contributed by atoms with E-state index in [1.807, 2.05) is 49.4 Å². The Morgan fingerprint density at radius 2 is 1.86 bits per heavy atom. The Kier molecular flexibility index (Phi) is 6.82. The molecule has 10 heteroatoms. The first-order valence-electron chi connectivity index (χ1n) is 12.3. The maximum atomic E-state index is 13.0. The Hall–Kier alpha value is -4.31. The Balaban J connectivity index is 1.46. The number of aromatic nitrogens is 3. The van der Waals surface area contributed by atoms with Gasteiger partial charge in [0.2, 0.25) is 0 Å². The first-order valence-corrected chi connectivity index (χ1v) is 12.3. The minimum Gasteiger partial charge on any atom is -0.465 e. The average Bonchev–Trinajstić information content (AvgIpc) is 3.34. The molecule has 0 unspecified atom stereocenters. The van der Waals surface area contributed by atoms with E-state index in [9.17, 15) is 19.8 Å². The largest absolute Gasteiger partial charge is 0.465 e. The summed E-state index contributed by atoms with van der Waals surface area (Å²) in [6, 6.07) is 15.8. The number of anilines is 2. The van der Waals surface area contributed by atoms with Gasteiger partial charge in [-0.15, -0.1) is 0 Å². The number of piperazine rings is 1. The predicted octanol–water partition coefficient (Wildman–Crippen LogP) is 3.03. The van der Waals surface area contributed by atoms with Crippen molar-refractivity contribution in [3.05, 3.63) is 76.2 Å². The van der Waals surface area contributed by atoms with Crippen LogP contribution in [0.5, 0.6) is 0 Å². The van der Waals surface area contributed by atoms with E-state index in [4.69, 9.17) is 4.98 Å². The van der Waals surface area contributed by atoms with Crippen LogP contribution in [0.4, 0.5) is 16.2 Å². The summed E-state index contributed by atoms with van der Waals surface area (Å²) in [7, 11) is 0. The summed E-state index contributed by atoms with van der Waals surface area (Å²) < 4.78 is 0. The van der Waals surface area contributed by atoms with Crippen molar-refractivity contribution >= 4 is 28.5 Å². The number of aliphatic hydroxyl groups excluding tert-OH is 1. The third-order valence-corrected chi connectivity index (χ3v) is 6.88. The van der Waals surface area contributed by atoms with Crippen LogP contribution in [-0.4, -0.2) is 75.6 Å². The van der Waals surface area contributed by atoms with Crippen LogP contribution in [0.1, 0.15) is 11.1 Å². The van der Waals surface area contributed by atoms with Crippen molar-refractivity contribution in [3.63, 3.8) is 0 Å². The SMILES string of the molecule is Cc1cc(N2CCN(C(=O)O)CC2)cc2[nH]c(-c3c(N(CO)CCc4ccccc4)cc[nH]c3=O)nc12. The summed E-state index contributed by atoms with van der Waals surface area (Å²) in [4.78, 5) is 40.4. The van der Waals surface area contributed by atoms with Crippen LogP contribution in [-0.2, 0) is 6.42 Å². The minimum absolute atomic E-state index is 0.241. The molecule has 0 bridgehead atoms. The number of aromatic amines is 2. The number of H-pyrrole nitrogens is 2. The third kappa shape index (κ3) is 5.01. The standard InChI is InChI=1S/C27H30N6O4/c1-18-15-20(31-11-13-32(14-12-31)27(36)37)16-21-24(18)30-25(29-21)23-22(7-9-28-26(23)35)33(17-34)10-8-19-5-3-2-4-6-19/h2-7,9,15-16,34H,8,10-14,17H2,1H3,(H,28,35)(H,29,30)(H,36,37). The summed E-state index contributed by atoms with van der Waals surface area (Å²) in [5.74, 6) is 0.431. The first-order chi connectivity index (χ1) is 17.9. The Morgan fingerprint density at radius 1 is 1.11 bits per heavy atom. The molecule has 0 spiro atoms. The van der Waals surface area contributed by atoms with Crippen molar-refractivity contribution in [1.29, 1.82) is 0 Å². The normalized spacial score (nSPS) is 13.8. The van der Waals surface area contributed by atoms with E-state index >= 15 is 0 Å². The molecule has 1 aliphatic rings. The zero-order chi connectivity index (χ0) is 25.9. The monoisotopic (exact) mass is 502 g/mol. The molecule has 4 N–H and O–H groups in total. The molecule has 10 nitrogen and oxygen atoms in total.